The van der Waals surface area contributed by atoms with Crippen LogP contribution in [0.1, 0.15) is 58.1 Å². The highest BCUT2D eigenvalue weighted by Gasteiger charge is 2.43. The number of nitro benzene ring substituents is 1. The number of fused-ring (bicyclic) bond motifs is 1. The quantitative estimate of drug-likeness (QED) is 0.457. The Hall–Kier alpha value is -1.66. The van der Waals surface area contributed by atoms with Crippen LogP contribution < -0.4 is 10.1 Å². The van der Waals surface area contributed by atoms with Gasteiger partial charge in [-0.1, -0.05) is 26.2 Å². The van der Waals surface area contributed by atoms with Gasteiger partial charge in [0.15, 0.2) is 0 Å². The van der Waals surface area contributed by atoms with Crippen molar-refractivity contribution in [1.82, 2.24) is 5.32 Å². The number of aliphatic hydroxyl groups is 1. The molecule has 2 N–H and O–H groups in total. The third-order valence-electron chi connectivity index (χ3n) is 4.33. The van der Waals surface area contributed by atoms with Crippen molar-refractivity contribution < 1.29 is 14.8 Å². The predicted octanol–water partition coefficient (Wildman–Crippen LogP) is 3.34. The van der Waals surface area contributed by atoms with E-state index in [1.807, 2.05) is 13.8 Å². The Bertz CT molecular complexity index is 560. The highest BCUT2D eigenvalue weighted by molar-refractivity contribution is 5.48. The third kappa shape index (κ3) is 4.00. The van der Waals surface area contributed by atoms with Crippen LogP contribution >= 0.6 is 0 Å². The minimum atomic E-state index is -0.775. The number of hydrogen-bond acceptors (Lipinski definition) is 5. The molecule has 0 aromatic heterocycles. The van der Waals surface area contributed by atoms with E-state index in [1.54, 1.807) is 6.07 Å². The number of ether oxygens (including phenoxy) is 1. The van der Waals surface area contributed by atoms with Gasteiger partial charge in [0, 0.05) is 17.7 Å². The van der Waals surface area contributed by atoms with Crippen molar-refractivity contribution in [2.45, 2.75) is 64.2 Å². The van der Waals surface area contributed by atoms with Gasteiger partial charge in [0.1, 0.15) is 17.5 Å². The Balaban J connectivity index is 2.21. The van der Waals surface area contributed by atoms with Crippen molar-refractivity contribution in [3.8, 4) is 5.75 Å². The molecule has 0 unspecified atom stereocenters. The number of nitrogens with zero attached hydrogens (tertiary/aromatic N) is 1. The van der Waals surface area contributed by atoms with E-state index < -0.39 is 16.6 Å². The van der Waals surface area contributed by atoms with E-state index in [0.29, 0.717) is 11.3 Å². The minimum absolute atomic E-state index is 0.0111. The molecule has 2 rings (SSSR count). The van der Waals surface area contributed by atoms with Gasteiger partial charge in [-0.2, -0.15) is 0 Å². The summed E-state index contributed by atoms with van der Waals surface area (Å²) in [5, 5.41) is 25.0. The van der Waals surface area contributed by atoms with Gasteiger partial charge in [-0.25, -0.2) is 0 Å². The van der Waals surface area contributed by atoms with Crippen molar-refractivity contribution in [1.29, 1.82) is 0 Å². The maximum absolute atomic E-state index is 11.0. The largest absolute Gasteiger partial charge is 0.485 e. The van der Waals surface area contributed by atoms with Gasteiger partial charge in [-0.05, 0) is 32.9 Å². The highest BCUT2D eigenvalue weighted by Crippen LogP contribution is 2.41. The number of non-ortho nitro benzene ring substituents is 1. The zero-order chi connectivity index (χ0) is 17.0. The summed E-state index contributed by atoms with van der Waals surface area (Å²) in [7, 11) is 0. The second-order valence-corrected chi connectivity index (χ2v) is 6.62. The normalized spacial score (nSPS) is 22.3. The second-order valence-electron chi connectivity index (χ2n) is 6.62. The molecule has 0 fully saturated rings. The van der Waals surface area contributed by atoms with Crippen LogP contribution in [0.15, 0.2) is 18.2 Å². The topological polar surface area (TPSA) is 84.6 Å². The SMILES string of the molecule is CCCCCCN[C@@H]1c2cc([N+](=O)[O-])ccc2OC(C)(C)[C@H]1O. The van der Waals surface area contributed by atoms with Crippen LogP contribution in [0.25, 0.3) is 0 Å². The average molecular weight is 322 g/mol. The van der Waals surface area contributed by atoms with Crippen LogP contribution in [0.3, 0.4) is 0 Å². The molecule has 0 saturated heterocycles. The molecule has 0 aliphatic carbocycles. The summed E-state index contributed by atoms with van der Waals surface area (Å²) in [5.74, 6) is 0.594. The van der Waals surface area contributed by atoms with E-state index in [-0.39, 0.29) is 11.7 Å². The fourth-order valence-corrected chi connectivity index (χ4v) is 2.93. The first-order valence-corrected chi connectivity index (χ1v) is 8.25. The fourth-order valence-electron chi connectivity index (χ4n) is 2.93. The molecule has 23 heavy (non-hydrogen) atoms. The Morgan fingerprint density at radius 3 is 2.74 bits per heavy atom. The van der Waals surface area contributed by atoms with Crippen LogP contribution in [-0.2, 0) is 0 Å². The van der Waals surface area contributed by atoms with Crippen molar-refractivity contribution in [2.24, 2.45) is 0 Å². The van der Waals surface area contributed by atoms with Crippen LogP contribution in [0.4, 0.5) is 5.69 Å². The Labute approximate surface area is 137 Å². The summed E-state index contributed by atoms with van der Waals surface area (Å²) in [4.78, 5) is 10.6. The van der Waals surface area contributed by atoms with Gasteiger partial charge in [-0.15, -0.1) is 0 Å². The molecule has 1 aromatic carbocycles. The van der Waals surface area contributed by atoms with E-state index >= 15 is 0 Å². The van der Waals surface area contributed by atoms with Crippen LogP contribution in [-0.4, -0.2) is 28.3 Å². The molecule has 6 heteroatoms. The van der Waals surface area contributed by atoms with E-state index in [2.05, 4.69) is 12.2 Å². The van der Waals surface area contributed by atoms with E-state index in [4.69, 9.17) is 4.74 Å². The Morgan fingerprint density at radius 1 is 1.35 bits per heavy atom. The maximum Gasteiger partial charge on any atom is 0.270 e. The summed E-state index contributed by atoms with van der Waals surface area (Å²) < 4.78 is 5.83. The average Bonchev–Trinajstić information content (AvgIpc) is 2.49. The standard InChI is InChI=1S/C17H26N2O4/c1-4-5-6-7-10-18-15-13-11-12(19(21)22)8-9-14(13)23-17(2,3)16(15)20/h8-9,11,15-16,18,20H,4-7,10H2,1-3H3/t15-,16+/m1/s1. The smallest absolute Gasteiger partial charge is 0.270 e. The highest BCUT2D eigenvalue weighted by atomic mass is 16.6. The molecule has 1 aliphatic heterocycles. The zero-order valence-corrected chi connectivity index (χ0v) is 14.0. The summed E-state index contributed by atoms with van der Waals surface area (Å²) in [5.41, 5.74) is -0.0805. The molecule has 0 bridgehead atoms. The summed E-state index contributed by atoms with van der Waals surface area (Å²) in [6.07, 6.45) is 3.73. The van der Waals surface area contributed by atoms with E-state index in [0.717, 1.165) is 19.4 Å². The maximum atomic E-state index is 11.0. The van der Waals surface area contributed by atoms with Crippen molar-refractivity contribution in [2.75, 3.05) is 6.54 Å². The van der Waals surface area contributed by atoms with Crippen LogP contribution in [0.2, 0.25) is 0 Å². The van der Waals surface area contributed by atoms with Gasteiger partial charge >= 0.3 is 0 Å². The van der Waals surface area contributed by atoms with Crippen molar-refractivity contribution in [3.05, 3.63) is 33.9 Å². The summed E-state index contributed by atoms with van der Waals surface area (Å²) in [6, 6.07) is 4.19. The molecule has 1 aliphatic rings. The lowest BCUT2D eigenvalue weighted by Gasteiger charge is -2.42. The number of unbranched alkanes of at least 4 members (excludes halogenated alkanes) is 3. The predicted molar refractivity (Wildman–Crippen MR) is 88.7 cm³/mol. The molecule has 0 saturated carbocycles. The number of nitro groups is 1. The zero-order valence-electron chi connectivity index (χ0n) is 14.0. The number of rotatable bonds is 7. The second kappa shape index (κ2) is 7.27. The lowest BCUT2D eigenvalue weighted by atomic mass is 9.86. The van der Waals surface area contributed by atoms with Crippen molar-refractivity contribution >= 4 is 5.69 Å². The summed E-state index contributed by atoms with van der Waals surface area (Å²) >= 11 is 0. The molecule has 1 heterocycles. The molecule has 0 amide bonds. The van der Waals surface area contributed by atoms with Gasteiger partial charge in [0.25, 0.3) is 5.69 Å². The van der Waals surface area contributed by atoms with Gasteiger partial charge in [-0.3, -0.25) is 10.1 Å². The molecular formula is C17H26N2O4. The molecule has 1 aromatic rings. The molecule has 2 atom stereocenters. The van der Waals surface area contributed by atoms with Crippen molar-refractivity contribution in [3.63, 3.8) is 0 Å². The molecule has 0 radical (unpaired) electrons. The first-order valence-electron chi connectivity index (χ1n) is 8.25. The number of nitrogens with one attached hydrogen (secondary N) is 1. The lowest BCUT2D eigenvalue weighted by Crippen LogP contribution is -2.52. The van der Waals surface area contributed by atoms with E-state index in [9.17, 15) is 15.2 Å². The number of aliphatic hydroxyl groups excluding tert-OH is 1. The number of hydrogen-bond donors (Lipinski definition) is 2. The fraction of sp³-hybridized carbons (Fsp3) is 0.647. The number of benzene rings is 1. The Morgan fingerprint density at radius 2 is 2.09 bits per heavy atom. The lowest BCUT2D eigenvalue weighted by molar-refractivity contribution is -0.385. The van der Waals surface area contributed by atoms with Gasteiger partial charge in [0.2, 0.25) is 0 Å². The van der Waals surface area contributed by atoms with Crippen LogP contribution in [0.5, 0.6) is 5.75 Å². The first-order chi connectivity index (χ1) is 10.9. The third-order valence-corrected chi connectivity index (χ3v) is 4.33. The van der Waals surface area contributed by atoms with Gasteiger partial charge < -0.3 is 15.2 Å². The monoisotopic (exact) mass is 322 g/mol. The first kappa shape index (κ1) is 17.7. The molecular weight excluding hydrogens is 296 g/mol. The molecule has 0 spiro atoms. The van der Waals surface area contributed by atoms with Gasteiger partial charge in [0.05, 0.1) is 11.0 Å². The van der Waals surface area contributed by atoms with Crippen LogP contribution in [0, 0.1) is 10.1 Å². The molecule has 128 valence electrons. The Kier molecular flexibility index (Phi) is 5.59. The summed E-state index contributed by atoms with van der Waals surface area (Å²) in [6.45, 7) is 6.58. The minimum Gasteiger partial charge on any atom is -0.485 e. The molecule has 6 nitrogen and oxygen atoms in total. The van der Waals surface area contributed by atoms with E-state index in [1.165, 1.54) is 25.0 Å².